The number of aryl methyl sites for hydroxylation is 1. The maximum atomic E-state index is 13.4. The van der Waals surface area contributed by atoms with Crippen molar-refractivity contribution >= 4 is 42.5 Å². The summed E-state index contributed by atoms with van der Waals surface area (Å²) < 4.78 is 25.7. The second-order valence-corrected chi connectivity index (χ2v) is 10.3. The Bertz CT molecular complexity index is 1470. The number of furan rings is 1. The van der Waals surface area contributed by atoms with Crippen LogP contribution in [0.5, 0.6) is 0 Å². The third-order valence-electron chi connectivity index (χ3n) is 6.59. The van der Waals surface area contributed by atoms with Crippen molar-refractivity contribution in [3.63, 3.8) is 0 Å². The van der Waals surface area contributed by atoms with Crippen molar-refractivity contribution in [3.8, 4) is 22.5 Å². The van der Waals surface area contributed by atoms with Crippen LogP contribution in [0.3, 0.4) is 0 Å². The summed E-state index contributed by atoms with van der Waals surface area (Å²) in [7, 11) is 0. The van der Waals surface area contributed by atoms with E-state index in [0.717, 1.165) is 22.3 Å². The molecule has 1 aromatic heterocycles. The fourth-order valence-corrected chi connectivity index (χ4v) is 4.99. The fraction of sp³-hybridized carbons (Fsp3) is 0.250. The number of benzene rings is 3. The van der Waals surface area contributed by atoms with Crippen molar-refractivity contribution in [1.82, 2.24) is 5.32 Å². The normalized spacial score (nSPS) is 12.3. The first-order chi connectivity index (χ1) is 19.3. The molecular formula is C32H33FLiNO5S. The molecule has 0 aliphatic rings. The summed E-state index contributed by atoms with van der Waals surface area (Å²) >= 11 is 1.53. The number of aliphatic carboxylic acids is 1. The molecule has 4 rings (SSSR count). The molecule has 0 saturated heterocycles. The molecule has 2 atom stereocenters. The van der Waals surface area contributed by atoms with Crippen LogP contribution in [-0.2, 0) is 9.53 Å². The molecule has 0 saturated carbocycles. The van der Waals surface area contributed by atoms with E-state index in [9.17, 15) is 19.1 Å². The summed E-state index contributed by atoms with van der Waals surface area (Å²) in [6.07, 6.45) is 1.65. The van der Waals surface area contributed by atoms with Gasteiger partial charge < -0.3 is 19.6 Å². The summed E-state index contributed by atoms with van der Waals surface area (Å²) in [4.78, 5) is 25.2. The second-order valence-electron chi connectivity index (χ2n) is 9.31. The van der Waals surface area contributed by atoms with E-state index in [4.69, 9.17) is 9.15 Å². The van der Waals surface area contributed by atoms with Gasteiger partial charge in [-0.1, -0.05) is 30.3 Å². The van der Waals surface area contributed by atoms with Crippen LogP contribution in [0.2, 0.25) is 0 Å². The molecule has 0 aliphatic heterocycles. The number of hydrogen-bond acceptors (Lipinski definition) is 5. The molecule has 0 bridgehead atoms. The molecule has 1 amide bonds. The third-order valence-corrected chi connectivity index (χ3v) is 7.23. The van der Waals surface area contributed by atoms with Gasteiger partial charge in [-0.25, -0.2) is 9.18 Å². The molecular weight excluding hydrogens is 536 g/mol. The third kappa shape index (κ3) is 7.93. The summed E-state index contributed by atoms with van der Waals surface area (Å²) in [5.74, 6) is -0.0863. The molecule has 1 heterocycles. The van der Waals surface area contributed by atoms with E-state index in [1.54, 1.807) is 24.3 Å². The van der Waals surface area contributed by atoms with Gasteiger partial charge in [-0.05, 0) is 103 Å². The topological polar surface area (TPSA) is 88.8 Å². The van der Waals surface area contributed by atoms with Gasteiger partial charge in [0.15, 0.2) is 0 Å². The second kappa shape index (κ2) is 15.1. The first-order valence-corrected chi connectivity index (χ1v) is 14.4. The monoisotopic (exact) mass is 569 g/mol. The molecule has 0 spiro atoms. The van der Waals surface area contributed by atoms with Gasteiger partial charge in [-0.3, -0.25) is 4.79 Å². The number of rotatable bonds is 12. The van der Waals surface area contributed by atoms with Crippen LogP contribution in [0.15, 0.2) is 83.3 Å². The SMILES string of the molecule is CCOC(c1ccc(C(=O)NC(CCSC)C(=O)O)c(-c2ccccc2C)c1)c1ccc(-c2ccc(F)cc2)o1.[LiH]. The number of nitrogens with one attached hydrogen (secondary N) is 1. The summed E-state index contributed by atoms with van der Waals surface area (Å²) in [6.45, 7) is 4.26. The van der Waals surface area contributed by atoms with Crippen LogP contribution in [0.1, 0.15) is 46.7 Å². The summed E-state index contributed by atoms with van der Waals surface area (Å²) in [5.41, 5.74) is 4.37. The molecule has 3 aromatic carbocycles. The Hall–Kier alpha value is -3.28. The van der Waals surface area contributed by atoms with Gasteiger partial charge in [-0.15, -0.1) is 0 Å². The summed E-state index contributed by atoms with van der Waals surface area (Å²) in [6, 6.07) is 21.8. The zero-order valence-corrected chi connectivity index (χ0v) is 23.5. The van der Waals surface area contributed by atoms with E-state index in [1.807, 2.05) is 62.6 Å². The number of amides is 1. The number of halogens is 1. The number of ether oxygens (including phenoxy) is 1. The van der Waals surface area contributed by atoms with Crippen LogP contribution in [0.25, 0.3) is 22.5 Å². The van der Waals surface area contributed by atoms with Gasteiger partial charge in [0.05, 0.1) is 0 Å². The van der Waals surface area contributed by atoms with Gasteiger partial charge >= 0.3 is 24.8 Å². The van der Waals surface area contributed by atoms with Crippen molar-refractivity contribution in [2.24, 2.45) is 0 Å². The average Bonchev–Trinajstić information content (AvgIpc) is 3.44. The van der Waals surface area contributed by atoms with Gasteiger partial charge in [0, 0.05) is 17.7 Å². The quantitative estimate of drug-likeness (QED) is 0.190. The number of carbonyl (C=O) groups is 2. The van der Waals surface area contributed by atoms with Crippen LogP contribution in [0.4, 0.5) is 4.39 Å². The van der Waals surface area contributed by atoms with Gasteiger partial charge in [0.25, 0.3) is 5.91 Å². The Morgan fingerprint density at radius 3 is 2.41 bits per heavy atom. The van der Waals surface area contributed by atoms with Crippen LogP contribution < -0.4 is 5.32 Å². The number of hydrogen-bond donors (Lipinski definition) is 2. The predicted octanol–water partition coefficient (Wildman–Crippen LogP) is 6.47. The number of carboxylic acid groups (broad SMARTS) is 1. The van der Waals surface area contributed by atoms with Crippen molar-refractivity contribution in [1.29, 1.82) is 0 Å². The first kappa shape index (κ1) is 32.2. The van der Waals surface area contributed by atoms with E-state index in [-0.39, 0.29) is 24.7 Å². The van der Waals surface area contributed by atoms with E-state index >= 15 is 0 Å². The molecule has 41 heavy (non-hydrogen) atoms. The standard InChI is InChI=1S/C32H32FNO5S.Li.H/c1-4-38-30(29-16-15-28(39-29)21-9-12-23(33)13-10-21)22-11-14-25(26(19-22)24-8-6-5-7-20(24)2)31(35)34-27(32(36)37)17-18-40-3;;/h5-16,19,27,30H,4,17-18H2,1-3H3,(H,34,35)(H,36,37);;. The zero-order valence-electron chi connectivity index (χ0n) is 22.6. The van der Waals surface area contributed by atoms with Crippen LogP contribution in [-0.4, -0.2) is 60.5 Å². The minimum atomic E-state index is -1.07. The Kier molecular flexibility index (Phi) is 11.9. The maximum absolute atomic E-state index is 13.4. The van der Waals surface area contributed by atoms with Gasteiger partial charge in [-0.2, -0.15) is 11.8 Å². The number of thioether (sulfide) groups is 1. The Labute approximate surface area is 255 Å². The Morgan fingerprint density at radius 1 is 1.02 bits per heavy atom. The molecule has 2 unspecified atom stereocenters. The molecule has 2 N–H and O–H groups in total. The number of carboxylic acids is 1. The van der Waals surface area contributed by atoms with Crippen LogP contribution in [0, 0.1) is 12.7 Å². The van der Waals surface area contributed by atoms with E-state index in [1.165, 1.54) is 23.9 Å². The number of carbonyl (C=O) groups excluding carboxylic acids is 1. The summed E-state index contributed by atoms with van der Waals surface area (Å²) in [5, 5.41) is 12.4. The van der Waals surface area contributed by atoms with Crippen molar-refractivity contribution < 1.29 is 28.2 Å². The van der Waals surface area contributed by atoms with Crippen molar-refractivity contribution in [3.05, 3.63) is 107 Å². The van der Waals surface area contributed by atoms with Crippen molar-refractivity contribution in [2.75, 3.05) is 18.6 Å². The molecule has 0 radical (unpaired) electrons. The predicted molar refractivity (Wildman–Crippen MR) is 163 cm³/mol. The Morgan fingerprint density at radius 2 is 1.76 bits per heavy atom. The van der Waals surface area contributed by atoms with E-state index < -0.39 is 24.0 Å². The zero-order chi connectivity index (χ0) is 28.6. The van der Waals surface area contributed by atoms with Crippen LogP contribution >= 0.6 is 11.8 Å². The van der Waals surface area contributed by atoms with Crippen molar-refractivity contribution in [2.45, 2.75) is 32.4 Å². The van der Waals surface area contributed by atoms with E-state index in [0.29, 0.717) is 41.4 Å². The molecule has 0 aliphatic carbocycles. The molecule has 210 valence electrons. The first-order valence-electron chi connectivity index (χ1n) is 13.0. The van der Waals surface area contributed by atoms with Gasteiger partial charge in [0.1, 0.15) is 29.5 Å². The fourth-order valence-electron chi connectivity index (χ4n) is 4.52. The van der Waals surface area contributed by atoms with E-state index in [2.05, 4.69) is 5.32 Å². The van der Waals surface area contributed by atoms with Gasteiger partial charge in [0.2, 0.25) is 0 Å². The molecule has 9 heteroatoms. The molecule has 4 aromatic rings. The molecule has 6 nitrogen and oxygen atoms in total. The molecule has 0 fully saturated rings. The average molecular weight is 570 g/mol. The Balaban J connectivity index is 0.00000462. The minimum absolute atomic E-state index is 0.